The van der Waals surface area contributed by atoms with Crippen LogP contribution in [0, 0.1) is 0 Å². The molecule has 3 rings (SSSR count). The first-order valence-electron chi connectivity index (χ1n) is 11.7. The second kappa shape index (κ2) is 13.1. The number of benzene rings is 1. The van der Waals surface area contributed by atoms with Crippen LogP contribution in [0.5, 0.6) is 0 Å². The molecule has 3 N–H and O–H groups in total. The minimum atomic E-state index is -0.971. The van der Waals surface area contributed by atoms with Crippen LogP contribution in [0.4, 0.5) is 0 Å². The van der Waals surface area contributed by atoms with Crippen molar-refractivity contribution in [2.45, 2.75) is 6.54 Å². The lowest BCUT2D eigenvalue weighted by atomic mass is 10.1. The average molecular weight is 488 g/mol. The zero-order valence-electron chi connectivity index (χ0n) is 19.8. The van der Waals surface area contributed by atoms with Crippen molar-refractivity contribution >= 4 is 28.8 Å². The molecular formula is C24H33N5O6. The summed E-state index contributed by atoms with van der Waals surface area (Å²) in [4.78, 5) is 46.3. The van der Waals surface area contributed by atoms with Crippen LogP contribution in [-0.4, -0.2) is 130 Å². The zero-order chi connectivity index (χ0) is 25.2. The van der Waals surface area contributed by atoms with Crippen molar-refractivity contribution in [1.82, 2.24) is 24.6 Å². The number of pyridine rings is 1. The molecular weight excluding hydrogens is 454 g/mol. The Hall–Kier alpha value is -3.12. The summed E-state index contributed by atoms with van der Waals surface area (Å²) in [5, 5.41) is 29.0. The van der Waals surface area contributed by atoms with Gasteiger partial charge in [0, 0.05) is 70.5 Å². The van der Waals surface area contributed by atoms with Crippen molar-refractivity contribution in [3.63, 3.8) is 0 Å². The molecule has 0 unspecified atom stereocenters. The van der Waals surface area contributed by atoms with Crippen LogP contribution in [0.2, 0.25) is 0 Å². The Morgan fingerprint density at radius 2 is 1.09 bits per heavy atom. The lowest BCUT2D eigenvalue weighted by molar-refractivity contribution is -0.140. The van der Waals surface area contributed by atoms with Crippen LogP contribution in [-0.2, 0) is 20.9 Å². The highest BCUT2D eigenvalue weighted by molar-refractivity contribution is 5.81. The highest BCUT2D eigenvalue weighted by Crippen LogP contribution is 2.18. The maximum atomic E-state index is 11.4. The molecule has 1 saturated heterocycles. The number of hydrogen-bond donors (Lipinski definition) is 3. The largest absolute Gasteiger partial charge is 0.480 e. The second-order valence-electron chi connectivity index (χ2n) is 8.78. The van der Waals surface area contributed by atoms with E-state index in [9.17, 15) is 29.7 Å². The highest BCUT2D eigenvalue weighted by Gasteiger charge is 2.20. The maximum absolute atomic E-state index is 11.4. The van der Waals surface area contributed by atoms with Crippen LogP contribution >= 0.6 is 0 Å². The topological polar surface area (TPSA) is 138 Å². The number of fused-ring (bicyclic) bond motifs is 1. The van der Waals surface area contributed by atoms with Crippen LogP contribution in [0.3, 0.4) is 0 Å². The van der Waals surface area contributed by atoms with Crippen LogP contribution in [0.15, 0.2) is 36.5 Å². The molecule has 0 amide bonds. The number of aliphatic carboxylic acids is 3. The van der Waals surface area contributed by atoms with E-state index in [1.165, 1.54) is 0 Å². The van der Waals surface area contributed by atoms with E-state index < -0.39 is 17.9 Å². The summed E-state index contributed by atoms with van der Waals surface area (Å²) in [5.41, 5.74) is 1.97. The Labute approximate surface area is 204 Å². The van der Waals surface area contributed by atoms with E-state index >= 15 is 0 Å². The fraction of sp³-hybridized carbons (Fsp3) is 0.500. The van der Waals surface area contributed by atoms with Gasteiger partial charge in [-0.25, -0.2) is 0 Å². The molecule has 190 valence electrons. The first kappa shape index (κ1) is 26.5. The van der Waals surface area contributed by atoms with E-state index in [0.29, 0.717) is 58.9 Å². The van der Waals surface area contributed by atoms with E-state index in [0.717, 1.165) is 16.5 Å². The Morgan fingerprint density at radius 3 is 1.54 bits per heavy atom. The van der Waals surface area contributed by atoms with Crippen LogP contribution in [0.25, 0.3) is 10.9 Å². The number of carbonyl (C=O) groups is 3. The van der Waals surface area contributed by atoms with Gasteiger partial charge in [-0.2, -0.15) is 0 Å². The molecule has 1 aromatic heterocycles. The lowest BCUT2D eigenvalue weighted by Gasteiger charge is -2.33. The van der Waals surface area contributed by atoms with Gasteiger partial charge >= 0.3 is 17.9 Å². The summed E-state index contributed by atoms with van der Waals surface area (Å²) in [6, 6.07) is 9.92. The van der Waals surface area contributed by atoms with E-state index in [2.05, 4.69) is 9.88 Å². The molecule has 0 radical (unpaired) electrons. The molecule has 1 aromatic carbocycles. The predicted octanol–water partition coefficient (Wildman–Crippen LogP) is 0.210. The summed E-state index contributed by atoms with van der Waals surface area (Å²) >= 11 is 0. The minimum Gasteiger partial charge on any atom is -0.480 e. The SMILES string of the molecule is O=C(O)CN1CCN(CC(=O)O)CCN(Cc2cccc3cccnc23)CCN(CC(=O)O)CC1. The normalized spacial score (nSPS) is 18.1. The molecule has 0 saturated carbocycles. The molecule has 11 heteroatoms. The second-order valence-corrected chi connectivity index (χ2v) is 8.78. The molecule has 1 aliphatic rings. The van der Waals surface area contributed by atoms with Gasteiger partial charge in [0.25, 0.3) is 0 Å². The van der Waals surface area contributed by atoms with Crippen molar-refractivity contribution < 1.29 is 29.7 Å². The van der Waals surface area contributed by atoms with Crippen molar-refractivity contribution in [3.8, 4) is 0 Å². The molecule has 2 heterocycles. The van der Waals surface area contributed by atoms with E-state index in [-0.39, 0.29) is 19.6 Å². The van der Waals surface area contributed by atoms with Crippen molar-refractivity contribution in [2.75, 3.05) is 72.0 Å². The van der Waals surface area contributed by atoms with Crippen molar-refractivity contribution in [2.24, 2.45) is 0 Å². The number of para-hydroxylation sites is 1. The summed E-state index contributed by atoms with van der Waals surface area (Å²) in [6.07, 6.45) is 1.76. The summed E-state index contributed by atoms with van der Waals surface area (Å²) in [7, 11) is 0. The third-order valence-corrected chi connectivity index (χ3v) is 6.12. The summed E-state index contributed by atoms with van der Waals surface area (Å²) in [6.45, 7) is 3.88. The highest BCUT2D eigenvalue weighted by atomic mass is 16.4. The van der Waals surface area contributed by atoms with Gasteiger partial charge in [0.15, 0.2) is 0 Å². The van der Waals surface area contributed by atoms with Gasteiger partial charge in [0.05, 0.1) is 25.2 Å². The quantitative estimate of drug-likeness (QED) is 0.471. The monoisotopic (exact) mass is 487 g/mol. The Balaban J connectivity index is 1.80. The van der Waals surface area contributed by atoms with E-state index in [1.807, 2.05) is 40.1 Å². The van der Waals surface area contributed by atoms with Gasteiger partial charge in [0.1, 0.15) is 0 Å². The predicted molar refractivity (Wildman–Crippen MR) is 129 cm³/mol. The zero-order valence-corrected chi connectivity index (χ0v) is 19.8. The van der Waals surface area contributed by atoms with Gasteiger partial charge in [-0.1, -0.05) is 24.3 Å². The number of rotatable bonds is 8. The molecule has 0 atom stereocenters. The van der Waals surface area contributed by atoms with Gasteiger partial charge in [-0.05, 0) is 11.6 Å². The molecule has 0 spiro atoms. The smallest absolute Gasteiger partial charge is 0.317 e. The lowest BCUT2D eigenvalue weighted by Crippen LogP contribution is -2.48. The summed E-state index contributed by atoms with van der Waals surface area (Å²) in [5.74, 6) is -2.83. The standard InChI is InChI=1S/C24H33N5O6/c30-21(31)16-27-9-7-26(15-20-4-1-3-19-5-2-6-25-24(19)20)8-10-28(17-22(32)33)12-14-29(13-11-27)18-23(34)35/h1-6H,7-18H2,(H,30,31)(H,32,33)(H,34,35). The number of hydrogen-bond acceptors (Lipinski definition) is 8. The van der Waals surface area contributed by atoms with Crippen LogP contribution < -0.4 is 0 Å². The van der Waals surface area contributed by atoms with Gasteiger partial charge in [0.2, 0.25) is 0 Å². The Morgan fingerprint density at radius 1 is 0.657 bits per heavy atom. The van der Waals surface area contributed by atoms with Gasteiger partial charge in [-0.3, -0.25) is 39.0 Å². The molecule has 0 bridgehead atoms. The van der Waals surface area contributed by atoms with Crippen LogP contribution in [0.1, 0.15) is 5.56 Å². The molecule has 0 aliphatic carbocycles. The first-order chi connectivity index (χ1) is 16.8. The van der Waals surface area contributed by atoms with Crippen molar-refractivity contribution in [1.29, 1.82) is 0 Å². The maximum Gasteiger partial charge on any atom is 0.317 e. The Bertz CT molecular complexity index is 982. The average Bonchev–Trinajstić information content (AvgIpc) is 2.80. The Kier molecular flexibility index (Phi) is 9.91. The molecule has 1 aliphatic heterocycles. The third kappa shape index (κ3) is 8.87. The van der Waals surface area contributed by atoms with Crippen molar-refractivity contribution in [3.05, 3.63) is 42.1 Å². The van der Waals surface area contributed by atoms with Gasteiger partial charge < -0.3 is 15.3 Å². The third-order valence-electron chi connectivity index (χ3n) is 6.12. The number of carboxylic acid groups (broad SMARTS) is 3. The molecule has 11 nitrogen and oxygen atoms in total. The first-order valence-corrected chi connectivity index (χ1v) is 11.7. The fourth-order valence-electron chi connectivity index (χ4n) is 4.32. The fourth-order valence-corrected chi connectivity index (χ4v) is 4.32. The van der Waals surface area contributed by atoms with Gasteiger partial charge in [-0.15, -0.1) is 0 Å². The van der Waals surface area contributed by atoms with E-state index in [1.54, 1.807) is 11.1 Å². The summed E-state index contributed by atoms with van der Waals surface area (Å²) < 4.78 is 0. The molecule has 2 aromatic rings. The number of carboxylic acids is 3. The number of nitrogens with zero attached hydrogens (tertiary/aromatic N) is 5. The molecule has 1 fully saturated rings. The minimum absolute atomic E-state index is 0.129. The number of aromatic nitrogens is 1. The van der Waals surface area contributed by atoms with E-state index in [4.69, 9.17) is 0 Å². The molecule has 35 heavy (non-hydrogen) atoms.